The van der Waals surface area contributed by atoms with Crippen LogP contribution in [-0.4, -0.2) is 93.1 Å². The van der Waals surface area contributed by atoms with E-state index < -0.39 is 11.6 Å². The smallest absolute Gasteiger partial charge is 0.345 e. The van der Waals surface area contributed by atoms with Gasteiger partial charge in [-0.1, -0.05) is 12.1 Å². The summed E-state index contributed by atoms with van der Waals surface area (Å²) in [6.45, 7) is 9.85. The lowest BCUT2D eigenvalue weighted by Crippen LogP contribution is -2.61. The van der Waals surface area contributed by atoms with Crippen LogP contribution in [0.4, 0.5) is 5.82 Å². The zero-order chi connectivity index (χ0) is 25.8. The number of esters is 1. The number of H-pyrrole nitrogens is 1. The third-order valence-electron chi connectivity index (χ3n) is 7.37. The summed E-state index contributed by atoms with van der Waals surface area (Å²) in [7, 11) is 0. The van der Waals surface area contributed by atoms with Gasteiger partial charge in [0, 0.05) is 36.8 Å². The summed E-state index contributed by atoms with van der Waals surface area (Å²) in [6, 6.07) is 8.18. The van der Waals surface area contributed by atoms with Crippen LogP contribution < -0.4 is 4.90 Å². The highest BCUT2D eigenvalue weighted by Crippen LogP contribution is 2.44. The second-order valence-corrected chi connectivity index (χ2v) is 11.9. The van der Waals surface area contributed by atoms with Crippen molar-refractivity contribution in [2.45, 2.75) is 26.4 Å². The molecule has 0 aliphatic carbocycles. The van der Waals surface area contributed by atoms with Gasteiger partial charge in [0.1, 0.15) is 23.9 Å². The molecular formula is C27H33N6O3S+. The van der Waals surface area contributed by atoms with Crippen molar-refractivity contribution < 1.29 is 18.9 Å². The van der Waals surface area contributed by atoms with E-state index in [1.807, 2.05) is 56.0 Å². The van der Waals surface area contributed by atoms with Crippen LogP contribution in [0, 0.1) is 0 Å². The van der Waals surface area contributed by atoms with Gasteiger partial charge in [-0.05, 0) is 39.0 Å². The fourth-order valence-corrected chi connectivity index (χ4v) is 6.62. The molecule has 1 atom stereocenters. The van der Waals surface area contributed by atoms with Crippen molar-refractivity contribution in [3.63, 3.8) is 0 Å². The first-order chi connectivity index (χ1) is 17.8. The lowest BCUT2D eigenvalue weighted by molar-refractivity contribution is -0.948. The number of carbonyl (C=O) groups is 2. The quantitative estimate of drug-likeness (QED) is 0.489. The number of anilines is 1. The standard InChI is InChI=1S/C27H33N6O3S/c1-27(2,3)36-26(35)23-20(25(34)31-14-16-37-18-31)17-33(15-6-9-22(23)33)32-12-10-30(11-13-32)24-19-7-4-5-8-21(19)28-29-24/h4-9,15H,10-14,16-18H2,1-3H3,(H,28,29)/q+1/t33-/m1/s1. The van der Waals surface area contributed by atoms with E-state index in [0.717, 1.165) is 54.3 Å². The summed E-state index contributed by atoms with van der Waals surface area (Å²) in [6.07, 6.45) is 6.09. The Hall–Kier alpha value is -3.08. The average molecular weight is 522 g/mol. The number of quaternary nitrogens is 1. The molecule has 194 valence electrons. The van der Waals surface area contributed by atoms with E-state index in [-0.39, 0.29) is 5.91 Å². The van der Waals surface area contributed by atoms with Gasteiger partial charge < -0.3 is 14.5 Å². The molecule has 4 aliphatic heterocycles. The molecule has 2 aromatic rings. The number of amides is 1. The molecule has 6 rings (SSSR count). The minimum atomic E-state index is -0.648. The Morgan fingerprint density at radius 3 is 2.62 bits per heavy atom. The van der Waals surface area contributed by atoms with Gasteiger partial charge >= 0.3 is 5.97 Å². The molecule has 2 fully saturated rings. The zero-order valence-corrected chi connectivity index (χ0v) is 22.4. The van der Waals surface area contributed by atoms with Crippen LogP contribution in [0.25, 0.3) is 10.9 Å². The Kier molecular flexibility index (Phi) is 5.93. The summed E-state index contributed by atoms with van der Waals surface area (Å²) in [5.74, 6) is 2.09. The number of thioether (sulfide) groups is 1. The van der Waals surface area contributed by atoms with Crippen LogP contribution in [0.1, 0.15) is 20.8 Å². The van der Waals surface area contributed by atoms with Crippen molar-refractivity contribution in [3.05, 3.63) is 59.5 Å². The second kappa shape index (κ2) is 9.04. The lowest BCUT2D eigenvalue weighted by atomic mass is 10.1. The number of para-hydroxylation sites is 1. The molecule has 0 bridgehead atoms. The maximum atomic E-state index is 13.7. The number of hydrogen-bond acceptors (Lipinski definition) is 7. The Bertz CT molecular complexity index is 1340. The predicted molar refractivity (Wildman–Crippen MR) is 144 cm³/mol. The molecule has 10 heteroatoms. The monoisotopic (exact) mass is 521 g/mol. The van der Waals surface area contributed by atoms with Crippen molar-refractivity contribution in [2.75, 3.05) is 55.8 Å². The number of benzene rings is 1. The van der Waals surface area contributed by atoms with Crippen molar-refractivity contribution in [3.8, 4) is 0 Å². The second-order valence-electron chi connectivity index (χ2n) is 10.9. The molecule has 5 heterocycles. The first kappa shape index (κ1) is 24.3. The number of aromatic nitrogens is 2. The SMILES string of the molecule is CC(C)(C)OC(=O)C1=C(C(=O)N2CCSC2)C[N@+]2(N3CCN(c4n[nH]c5ccccc45)CC3)C=CC=C12. The van der Waals surface area contributed by atoms with Crippen molar-refractivity contribution in [1.82, 2.24) is 20.1 Å². The number of nitrogens with zero attached hydrogens (tertiary/aromatic N) is 5. The van der Waals surface area contributed by atoms with Gasteiger partial charge in [0.15, 0.2) is 11.5 Å². The molecule has 4 aliphatic rings. The van der Waals surface area contributed by atoms with Crippen LogP contribution in [-0.2, 0) is 14.3 Å². The van der Waals surface area contributed by atoms with Gasteiger partial charge in [0.2, 0.25) is 0 Å². The van der Waals surface area contributed by atoms with Gasteiger partial charge in [-0.2, -0.15) is 9.69 Å². The topological polar surface area (TPSA) is 81.8 Å². The van der Waals surface area contributed by atoms with E-state index in [1.54, 1.807) is 11.8 Å². The van der Waals surface area contributed by atoms with E-state index in [0.29, 0.717) is 34.7 Å². The normalized spacial score (nSPS) is 24.2. The highest BCUT2D eigenvalue weighted by atomic mass is 32.2. The Labute approximate surface area is 220 Å². The van der Waals surface area contributed by atoms with Crippen molar-refractivity contribution in [2.24, 2.45) is 0 Å². The number of carbonyl (C=O) groups excluding carboxylic acids is 2. The number of aromatic amines is 1. The fourth-order valence-electron chi connectivity index (χ4n) is 5.67. The van der Waals surface area contributed by atoms with Crippen molar-refractivity contribution in [1.29, 1.82) is 0 Å². The third-order valence-corrected chi connectivity index (χ3v) is 8.34. The summed E-state index contributed by atoms with van der Waals surface area (Å²) < 4.78 is 6.19. The lowest BCUT2D eigenvalue weighted by Gasteiger charge is -2.44. The first-order valence-corrected chi connectivity index (χ1v) is 14.0. The Morgan fingerprint density at radius 1 is 1.11 bits per heavy atom. The third kappa shape index (κ3) is 4.17. The van der Waals surface area contributed by atoms with E-state index in [1.165, 1.54) is 0 Å². The minimum Gasteiger partial charge on any atom is -0.456 e. The summed E-state index contributed by atoms with van der Waals surface area (Å²) in [4.78, 5) is 31.3. The Morgan fingerprint density at radius 2 is 1.89 bits per heavy atom. The summed E-state index contributed by atoms with van der Waals surface area (Å²) >= 11 is 1.75. The van der Waals surface area contributed by atoms with E-state index >= 15 is 0 Å². The first-order valence-electron chi connectivity index (χ1n) is 12.8. The van der Waals surface area contributed by atoms with Crippen LogP contribution in [0.5, 0.6) is 0 Å². The van der Waals surface area contributed by atoms with E-state index in [4.69, 9.17) is 4.74 Å². The highest BCUT2D eigenvalue weighted by molar-refractivity contribution is 7.99. The van der Waals surface area contributed by atoms with Gasteiger partial charge in [-0.15, -0.1) is 16.8 Å². The number of ether oxygens (including phenoxy) is 1. The number of hydrogen-bond donors (Lipinski definition) is 1. The molecule has 0 spiro atoms. The number of fused-ring (bicyclic) bond motifs is 2. The maximum Gasteiger partial charge on any atom is 0.345 e. The summed E-state index contributed by atoms with van der Waals surface area (Å²) in [5, 5.41) is 11.2. The zero-order valence-electron chi connectivity index (χ0n) is 21.6. The van der Waals surface area contributed by atoms with Crippen molar-refractivity contribution >= 4 is 40.4 Å². The van der Waals surface area contributed by atoms with Gasteiger partial charge in [0.25, 0.3) is 5.91 Å². The average Bonchev–Trinajstić information content (AvgIpc) is 3.65. The maximum absolute atomic E-state index is 13.7. The molecule has 0 saturated carbocycles. The van der Waals surface area contributed by atoms with E-state index in [9.17, 15) is 9.59 Å². The molecule has 0 radical (unpaired) electrons. The molecular weight excluding hydrogens is 488 g/mol. The van der Waals surface area contributed by atoms with Crippen LogP contribution >= 0.6 is 11.8 Å². The largest absolute Gasteiger partial charge is 0.456 e. The van der Waals surface area contributed by atoms with Gasteiger partial charge in [0.05, 0.1) is 30.1 Å². The van der Waals surface area contributed by atoms with Crippen LogP contribution in [0.15, 0.2) is 59.5 Å². The molecule has 1 N–H and O–H groups in total. The molecule has 1 aromatic carbocycles. The van der Waals surface area contributed by atoms with Gasteiger partial charge in [-0.3, -0.25) is 9.89 Å². The van der Waals surface area contributed by atoms with Crippen LogP contribution in [0.3, 0.4) is 0 Å². The summed E-state index contributed by atoms with van der Waals surface area (Å²) in [5.41, 5.74) is 2.21. The Balaban J connectivity index is 1.28. The fraction of sp³-hybridized carbons (Fsp3) is 0.444. The van der Waals surface area contributed by atoms with Crippen LogP contribution in [0.2, 0.25) is 0 Å². The molecule has 0 unspecified atom stereocenters. The number of nitrogens with one attached hydrogen (secondary N) is 1. The van der Waals surface area contributed by atoms with Gasteiger partial charge in [-0.25, -0.2) is 4.79 Å². The predicted octanol–water partition coefficient (Wildman–Crippen LogP) is 3.01. The molecule has 1 aromatic heterocycles. The molecule has 1 amide bonds. The number of piperazine rings is 1. The molecule has 37 heavy (non-hydrogen) atoms. The van der Waals surface area contributed by atoms with E-state index in [2.05, 4.69) is 32.4 Å². The molecule has 9 nitrogen and oxygen atoms in total. The number of allylic oxidation sites excluding steroid dienone is 2. The highest BCUT2D eigenvalue weighted by Gasteiger charge is 2.54. The molecule has 2 saturated heterocycles. The minimum absolute atomic E-state index is 0.0475. The number of rotatable bonds is 4.